The molecule has 2 rings (SSSR count). The number of rotatable bonds is 9. The van der Waals surface area contributed by atoms with Crippen LogP contribution in [0.3, 0.4) is 0 Å². The van der Waals surface area contributed by atoms with Gasteiger partial charge in [0.1, 0.15) is 0 Å². The first-order valence-corrected chi connectivity index (χ1v) is 10.7. The quantitative estimate of drug-likeness (QED) is 0.578. The first kappa shape index (κ1) is 22.4. The van der Waals surface area contributed by atoms with E-state index in [-0.39, 0.29) is 23.3 Å². The summed E-state index contributed by atoms with van der Waals surface area (Å²) in [6.07, 6.45) is 0. The molecule has 29 heavy (non-hydrogen) atoms. The number of nitrogens with zero attached hydrogens (tertiary/aromatic N) is 1. The normalized spacial score (nSPS) is 11.2. The van der Waals surface area contributed by atoms with Gasteiger partial charge in [0.05, 0.1) is 17.0 Å². The lowest BCUT2D eigenvalue weighted by Gasteiger charge is -2.18. The van der Waals surface area contributed by atoms with Crippen LogP contribution in [0.2, 0.25) is 0 Å². The van der Waals surface area contributed by atoms with Crippen molar-refractivity contribution in [1.29, 1.82) is 0 Å². The van der Waals surface area contributed by atoms with E-state index in [4.69, 9.17) is 0 Å². The molecule has 8 nitrogen and oxygen atoms in total. The molecule has 0 saturated heterocycles. The van der Waals surface area contributed by atoms with Gasteiger partial charge in [-0.25, -0.2) is 8.42 Å². The molecule has 0 aliphatic heterocycles. The van der Waals surface area contributed by atoms with Crippen LogP contribution < -0.4 is 16.0 Å². The fourth-order valence-corrected chi connectivity index (χ4v) is 4.23. The lowest BCUT2D eigenvalue weighted by molar-refractivity contribution is -0.114. The van der Waals surface area contributed by atoms with E-state index < -0.39 is 10.0 Å². The molecule has 0 fully saturated rings. The van der Waals surface area contributed by atoms with Crippen LogP contribution in [-0.4, -0.2) is 51.2 Å². The molecule has 2 aromatic carbocycles. The van der Waals surface area contributed by atoms with Gasteiger partial charge < -0.3 is 16.0 Å². The predicted molar refractivity (Wildman–Crippen MR) is 114 cm³/mol. The third-order valence-corrected chi connectivity index (χ3v) is 6.38. The van der Waals surface area contributed by atoms with E-state index in [0.717, 1.165) is 0 Å². The average Bonchev–Trinajstić information content (AvgIpc) is 2.73. The second kappa shape index (κ2) is 10.0. The molecule has 2 amide bonds. The molecule has 156 valence electrons. The standard InChI is InChI=1S/C20H26N4O4S/c1-4-24(5-2)29(27,28)16-12-10-15(11-13-16)23-19(25)14-22-18-9-7-6-8-17(18)20(26)21-3/h6-13,22H,4-5,14H2,1-3H3,(H,21,26)(H,23,25). The third kappa shape index (κ3) is 5.55. The molecule has 0 aliphatic rings. The van der Waals surface area contributed by atoms with Gasteiger partial charge in [-0.3, -0.25) is 9.59 Å². The van der Waals surface area contributed by atoms with Crippen molar-refractivity contribution in [1.82, 2.24) is 9.62 Å². The van der Waals surface area contributed by atoms with Gasteiger partial charge in [0, 0.05) is 31.5 Å². The number of hydrogen-bond donors (Lipinski definition) is 3. The van der Waals surface area contributed by atoms with E-state index in [1.165, 1.54) is 23.5 Å². The summed E-state index contributed by atoms with van der Waals surface area (Å²) in [4.78, 5) is 24.3. The molecule has 0 saturated carbocycles. The highest BCUT2D eigenvalue weighted by atomic mass is 32.2. The first-order chi connectivity index (χ1) is 13.8. The van der Waals surface area contributed by atoms with Gasteiger partial charge in [0.15, 0.2) is 0 Å². The Morgan fingerprint density at radius 1 is 0.966 bits per heavy atom. The zero-order chi connectivity index (χ0) is 21.4. The van der Waals surface area contributed by atoms with E-state index in [0.29, 0.717) is 30.0 Å². The second-order valence-corrected chi connectivity index (χ2v) is 8.08. The molecular formula is C20H26N4O4S. The summed E-state index contributed by atoms with van der Waals surface area (Å²) < 4.78 is 26.4. The van der Waals surface area contributed by atoms with E-state index in [1.54, 1.807) is 50.2 Å². The van der Waals surface area contributed by atoms with Gasteiger partial charge in [0.25, 0.3) is 5.91 Å². The van der Waals surface area contributed by atoms with Crippen molar-refractivity contribution in [2.45, 2.75) is 18.7 Å². The Hall–Kier alpha value is -2.91. The van der Waals surface area contributed by atoms with Crippen molar-refractivity contribution in [3.05, 3.63) is 54.1 Å². The molecule has 2 aromatic rings. The highest BCUT2D eigenvalue weighted by Gasteiger charge is 2.21. The summed E-state index contributed by atoms with van der Waals surface area (Å²) in [6.45, 7) is 4.30. The van der Waals surface area contributed by atoms with E-state index in [2.05, 4.69) is 16.0 Å². The zero-order valence-electron chi connectivity index (χ0n) is 16.7. The van der Waals surface area contributed by atoms with Crippen molar-refractivity contribution < 1.29 is 18.0 Å². The van der Waals surface area contributed by atoms with Crippen molar-refractivity contribution in [2.24, 2.45) is 0 Å². The Bertz CT molecular complexity index is 955. The van der Waals surface area contributed by atoms with Gasteiger partial charge >= 0.3 is 0 Å². The van der Waals surface area contributed by atoms with Crippen LogP contribution in [0.15, 0.2) is 53.4 Å². The Kier molecular flexibility index (Phi) is 7.74. The van der Waals surface area contributed by atoms with E-state index in [9.17, 15) is 18.0 Å². The van der Waals surface area contributed by atoms with Crippen LogP contribution in [0, 0.1) is 0 Å². The topological polar surface area (TPSA) is 108 Å². The van der Waals surface area contributed by atoms with Crippen molar-refractivity contribution in [2.75, 3.05) is 37.3 Å². The van der Waals surface area contributed by atoms with Crippen molar-refractivity contribution in [3.63, 3.8) is 0 Å². The number of carbonyl (C=O) groups excluding carboxylic acids is 2. The number of amides is 2. The molecule has 0 aromatic heterocycles. The molecule has 3 N–H and O–H groups in total. The Balaban J connectivity index is 2.01. The minimum atomic E-state index is -3.54. The largest absolute Gasteiger partial charge is 0.376 e. The number of carbonyl (C=O) groups is 2. The number of benzene rings is 2. The van der Waals surface area contributed by atoms with Crippen molar-refractivity contribution in [3.8, 4) is 0 Å². The van der Waals surface area contributed by atoms with Gasteiger partial charge in [-0.15, -0.1) is 0 Å². The summed E-state index contributed by atoms with van der Waals surface area (Å²) in [7, 11) is -2.00. The van der Waals surface area contributed by atoms with Crippen LogP contribution in [0.1, 0.15) is 24.2 Å². The summed E-state index contributed by atoms with van der Waals surface area (Å²) in [5.74, 6) is -0.574. The molecule has 0 bridgehead atoms. The molecular weight excluding hydrogens is 392 g/mol. The van der Waals surface area contributed by atoms with Gasteiger partial charge in [-0.2, -0.15) is 4.31 Å². The molecule has 0 heterocycles. The monoisotopic (exact) mass is 418 g/mol. The minimum Gasteiger partial charge on any atom is -0.376 e. The lowest BCUT2D eigenvalue weighted by Crippen LogP contribution is -2.30. The third-order valence-electron chi connectivity index (χ3n) is 4.32. The lowest BCUT2D eigenvalue weighted by atomic mass is 10.1. The highest BCUT2D eigenvalue weighted by molar-refractivity contribution is 7.89. The number of sulfonamides is 1. The maximum Gasteiger partial charge on any atom is 0.253 e. The van der Waals surface area contributed by atoms with Crippen LogP contribution in [0.5, 0.6) is 0 Å². The average molecular weight is 419 g/mol. The van der Waals surface area contributed by atoms with E-state index in [1.807, 2.05) is 0 Å². The molecule has 0 spiro atoms. The molecule has 0 unspecified atom stereocenters. The van der Waals surface area contributed by atoms with Gasteiger partial charge in [0.2, 0.25) is 15.9 Å². The number of nitrogens with one attached hydrogen (secondary N) is 3. The molecule has 9 heteroatoms. The summed E-state index contributed by atoms with van der Waals surface area (Å²) in [5, 5.41) is 8.19. The first-order valence-electron chi connectivity index (χ1n) is 9.28. The highest BCUT2D eigenvalue weighted by Crippen LogP contribution is 2.18. The summed E-state index contributed by atoms with van der Waals surface area (Å²) in [6, 6.07) is 12.9. The maximum atomic E-state index is 12.5. The fourth-order valence-electron chi connectivity index (χ4n) is 2.77. The maximum absolute atomic E-state index is 12.5. The van der Waals surface area contributed by atoms with Crippen molar-refractivity contribution >= 4 is 33.2 Å². The van der Waals surface area contributed by atoms with Crippen LogP contribution in [0.25, 0.3) is 0 Å². The summed E-state index contributed by atoms with van der Waals surface area (Å²) in [5.41, 5.74) is 1.46. The summed E-state index contributed by atoms with van der Waals surface area (Å²) >= 11 is 0. The van der Waals surface area contributed by atoms with Crippen LogP contribution in [-0.2, 0) is 14.8 Å². The Morgan fingerprint density at radius 2 is 1.59 bits per heavy atom. The molecule has 0 atom stereocenters. The fraction of sp³-hybridized carbons (Fsp3) is 0.300. The number of hydrogen-bond acceptors (Lipinski definition) is 5. The Morgan fingerprint density at radius 3 is 2.17 bits per heavy atom. The zero-order valence-corrected chi connectivity index (χ0v) is 17.5. The number of para-hydroxylation sites is 1. The number of anilines is 2. The van der Waals surface area contributed by atoms with Crippen LogP contribution in [0.4, 0.5) is 11.4 Å². The SMILES string of the molecule is CCN(CC)S(=O)(=O)c1ccc(NC(=O)CNc2ccccc2C(=O)NC)cc1. The predicted octanol–water partition coefficient (Wildman–Crippen LogP) is 2.13. The van der Waals surface area contributed by atoms with Gasteiger partial charge in [-0.05, 0) is 36.4 Å². The molecule has 0 aliphatic carbocycles. The minimum absolute atomic E-state index is 0.0481. The smallest absolute Gasteiger partial charge is 0.253 e. The van der Waals surface area contributed by atoms with E-state index >= 15 is 0 Å². The van der Waals surface area contributed by atoms with Crippen LogP contribution >= 0.6 is 0 Å². The second-order valence-electron chi connectivity index (χ2n) is 6.14. The Labute approximate surface area is 171 Å². The van der Waals surface area contributed by atoms with Gasteiger partial charge in [-0.1, -0.05) is 26.0 Å². The molecule has 0 radical (unpaired) electrons.